The highest BCUT2D eigenvalue weighted by molar-refractivity contribution is 7.90. The molecule has 0 bridgehead atoms. The van der Waals surface area contributed by atoms with E-state index in [0.717, 1.165) is 17.5 Å². The summed E-state index contributed by atoms with van der Waals surface area (Å²) in [6, 6.07) is 3.64. The first-order valence-electron chi connectivity index (χ1n) is 8.17. The molecule has 0 unspecified atom stereocenters. The number of fused-ring (bicyclic) bond motifs is 2. The van der Waals surface area contributed by atoms with E-state index in [2.05, 4.69) is 15.0 Å². The zero-order valence-electron chi connectivity index (χ0n) is 15.0. The molecule has 8 nitrogen and oxygen atoms in total. The van der Waals surface area contributed by atoms with Gasteiger partial charge in [0.05, 0.1) is 17.6 Å². The second kappa shape index (κ2) is 6.20. The number of nitrogens with zero attached hydrogens (tertiary/aromatic N) is 5. The molecule has 4 aromatic heterocycles. The highest BCUT2D eigenvalue weighted by Crippen LogP contribution is 2.28. The monoisotopic (exact) mass is 383 g/mol. The normalized spacial score (nSPS) is 13.4. The Labute approximate surface area is 155 Å². The molecule has 138 valence electrons. The summed E-state index contributed by atoms with van der Waals surface area (Å²) < 4.78 is 32.9. The minimum atomic E-state index is -3.42. The summed E-state index contributed by atoms with van der Waals surface area (Å²) in [4.78, 5) is 13.0. The van der Waals surface area contributed by atoms with Crippen LogP contribution in [0, 0.1) is 0 Å². The molecule has 4 rings (SSSR count). The summed E-state index contributed by atoms with van der Waals surface area (Å²) >= 11 is 0. The van der Waals surface area contributed by atoms with Crippen LogP contribution in [0.25, 0.3) is 22.7 Å². The largest absolute Gasteiger partial charge is 0.432 e. The molecule has 27 heavy (non-hydrogen) atoms. The maximum atomic E-state index is 12.1. The lowest BCUT2D eigenvalue weighted by Crippen LogP contribution is -2.04. The molecular formula is C18H17N5O3S. The number of imidazole rings is 2. The van der Waals surface area contributed by atoms with E-state index < -0.39 is 9.84 Å². The summed E-state index contributed by atoms with van der Waals surface area (Å²) in [6.07, 6.45) is 11.3. The standard InChI is InChI=1S/C18H17N5O3S/c1-4-5-13(19-2)16-17(22-8-9-26-18(22)21-16)12-6-7-14-20-10-15(23(14)11-12)27(3,24)25/h4-11H,1-3H3/b5-4-,19-13+. The lowest BCUT2D eigenvalue weighted by Gasteiger charge is -2.06. The number of aromatic nitrogens is 4. The van der Waals surface area contributed by atoms with Crippen LogP contribution in [0.3, 0.4) is 0 Å². The lowest BCUT2D eigenvalue weighted by atomic mass is 10.1. The average Bonchev–Trinajstić information content (AvgIpc) is 3.31. The van der Waals surface area contributed by atoms with Gasteiger partial charge in [-0.15, -0.1) is 0 Å². The van der Waals surface area contributed by atoms with Crippen LogP contribution in [0.5, 0.6) is 0 Å². The number of rotatable bonds is 4. The van der Waals surface area contributed by atoms with Crippen LogP contribution in [0.2, 0.25) is 0 Å². The molecule has 0 saturated heterocycles. The van der Waals surface area contributed by atoms with Crippen LogP contribution < -0.4 is 0 Å². The quantitative estimate of drug-likeness (QED) is 0.505. The Kier molecular flexibility index (Phi) is 3.96. The van der Waals surface area contributed by atoms with Gasteiger partial charge in [-0.3, -0.25) is 13.8 Å². The van der Waals surface area contributed by atoms with Crippen LogP contribution in [-0.2, 0) is 9.84 Å². The SMILES string of the molecule is C/C=C\C(=N/C)c1nc2occn2c1-c1ccc2ncc(S(C)(=O)=O)n2c1. The van der Waals surface area contributed by atoms with Crippen molar-refractivity contribution in [2.75, 3.05) is 13.3 Å². The summed E-state index contributed by atoms with van der Waals surface area (Å²) in [5.41, 5.74) is 3.41. The van der Waals surface area contributed by atoms with E-state index in [9.17, 15) is 8.42 Å². The Morgan fingerprint density at radius 3 is 2.81 bits per heavy atom. The van der Waals surface area contributed by atoms with Crippen molar-refractivity contribution in [2.45, 2.75) is 11.9 Å². The van der Waals surface area contributed by atoms with Crippen LogP contribution in [0.15, 0.2) is 63.6 Å². The second-order valence-corrected chi connectivity index (χ2v) is 7.95. The van der Waals surface area contributed by atoms with Gasteiger partial charge in [0.1, 0.15) is 17.6 Å². The predicted octanol–water partition coefficient (Wildman–Crippen LogP) is 2.64. The molecule has 0 N–H and O–H groups in total. The molecule has 0 amide bonds. The third-order valence-electron chi connectivity index (χ3n) is 4.20. The zero-order chi connectivity index (χ0) is 19.2. The summed E-state index contributed by atoms with van der Waals surface area (Å²) in [5, 5.41) is 0.131. The Bertz CT molecular complexity index is 1320. The maximum Gasteiger partial charge on any atom is 0.306 e. The van der Waals surface area contributed by atoms with E-state index in [4.69, 9.17) is 4.42 Å². The van der Waals surface area contributed by atoms with E-state index in [1.165, 1.54) is 6.20 Å². The van der Waals surface area contributed by atoms with Crippen molar-refractivity contribution in [3.05, 3.63) is 54.8 Å². The molecule has 0 spiro atoms. The van der Waals surface area contributed by atoms with Crippen molar-refractivity contribution in [2.24, 2.45) is 4.99 Å². The van der Waals surface area contributed by atoms with Crippen LogP contribution in [0.1, 0.15) is 12.6 Å². The smallest absolute Gasteiger partial charge is 0.306 e. The minimum Gasteiger partial charge on any atom is -0.432 e. The third-order valence-corrected chi connectivity index (χ3v) is 5.26. The van der Waals surface area contributed by atoms with Crippen molar-refractivity contribution >= 4 is 27.0 Å². The number of hydrogen-bond acceptors (Lipinski definition) is 6. The lowest BCUT2D eigenvalue weighted by molar-refractivity contribution is 0.595. The number of oxazole rings is 1. The third kappa shape index (κ3) is 2.76. The summed E-state index contributed by atoms with van der Waals surface area (Å²) in [6.45, 7) is 1.90. The zero-order valence-corrected chi connectivity index (χ0v) is 15.8. The van der Waals surface area contributed by atoms with Crippen molar-refractivity contribution in [3.63, 3.8) is 0 Å². The number of sulfone groups is 1. The first kappa shape index (κ1) is 17.2. The van der Waals surface area contributed by atoms with Crippen LogP contribution >= 0.6 is 0 Å². The Morgan fingerprint density at radius 2 is 2.11 bits per heavy atom. The fourth-order valence-corrected chi connectivity index (χ4v) is 3.78. The Morgan fingerprint density at radius 1 is 1.30 bits per heavy atom. The van der Waals surface area contributed by atoms with Gasteiger partial charge in [-0.2, -0.15) is 4.98 Å². The number of hydrogen-bond donors (Lipinski definition) is 0. The van der Waals surface area contributed by atoms with Gasteiger partial charge in [0.2, 0.25) is 0 Å². The molecule has 0 radical (unpaired) electrons. The highest BCUT2D eigenvalue weighted by atomic mass is 32.2. The molecule has 4 heterocycles. The fraction of sp³-hybridized carbons (Fsp3) is 0.167. The van der Waals surface area contributed by atoms with Gasteiger partial charge >= 0.3 is 5.84 Å². The highest BCUT2D eigenvalue weighted by Gasteiger charge is 2.21. The summed E-state index contributed by atoms with van der Waals surface area (Å²) in [7, 11) is -1.72. The maximum absolute atomic E-state index is 12.1. The van der Waals surface area contributed by atoms with E-state index in [0.29, 0.717) is 22.9 Å². The molecule has 0 aromatic carbocycles. The molecule has 0 fully saturated rings. The molecule has 9 heteroatoms. The Hall–Kier alpha value is -3.20. The Balaban J connectivity index is 2.03. The first-order valence-corrected chi connectivity index (χ1v) is 10.1. The molecule has 0 aliphatic heterocycles. The molecule has 4 aromatic rings. The van der Waals surface area contributed by atoms with Gasteiger partial charge in [0.15, 0.2) is 14.9 Å². The number of allylic oxidation sites excluding steroid dienone is 2. The van der Waals surface area contributed by atoms with Crippen molar-refractivity contribution in [3.8, 4) is 11.3 Å². The van der Waals surface area contributed by atoms with Crippen LogP contribution in [-0.4, -0.2) is 46.2 Å². The molecular weight excluding hydrogens is 366 g/mol. The van der Waals surface area contributed by atoms with Gasteiger partial charge in [-0.05, 0) is 25.1 Å². The topological polar surface area (TPSA) is 94.2 Å². The van der Waals surface area contributed by atoms with Crippen molar-refractivity contribution in [1.29, 1.82) is 0 Å². The van der Waals surface area contributed by atoms with E-state index >= 15 is 0 Å². The molecule has 0 aliphatic rings. The van der Waals surface area contributed by atoms with Gasteiger partial charge in [0.25, 0.3) is 0 Å². The fourth-order valence-electron chi connectivity index (χ4n) is 3.03. The average molecular weight is 383 g/mol. The number of aliphatic imine (C=N–C) groups is 1. The predicted molar refractivity (Wildman–Crippen MR) is 102 cm³/mol. The van der Waals surface area contributed by atoms with E-state index in [1.807, 2.05) is 29.5 Å². The molecule has 0 saturated carbocycles. The van der Waals surface area contributed by atoms with Gasteiger partial charge in [-0.1, -0.05) is 6.08 Å². The molecule has 0 aliphatic carbocycles. The van der Waals surface area contributed by atoms with Gasteiger partial charge in [-0.25, -0.2) is 13.4 Å². The van der Waals surface area contributed by atoms with Gasteiger partial charge in [0, 0.05) is 31.3 Å². The van der Waals surface area contributed by atoms with Gasteiger partial charge < -0.3 is 4.42 Å². The van der Waals surface area contributed by atoms with E-state index in [1.54, 1.807) is 36.2 Å². The number of pyridine rings is 1. The second-order valence-electron chi connectivity index (χ2n) is 5.99. The van der Waals surface area contributed by atoms with Crippen LogP contribution in [0.4, 0.5) is 0 Å². The first-order chi connectivity index (χ1) is 12.9. The van der Waals surface area contributed by atoms with Crippen molar-refractivity contribution in [1.82, 2.24) is 18.8 Å². The minimum absolute atomic E-state index is 0.131. The van der Waals surface area contributed by atoms with E-state index in [-0.39, 0.29) is 5.03 Å². The molecule has 0 atom stereocenters. The van der Waals surface area contributed by atoms with Crippen molar-refractivity contribution < 1.29 is 12.8 Å². The summed E-state index contributed by atoms with van der Waals surface area (Å²) in [5.74, 6) is 0.430.